The Bertz CT molecular complexity index is 1240. The number of rotatable bonds is 12. The number of carbonyl (C=O) groups excluding carboxylic acids is 7. The van der Waals surface area contributed by atoms with Gasteiger partial charge in [0.2, 0.25) is 41.4 Å². The summed E-state index contributed by atoms with van der Waals surface area (Å²) in [7, 11) is 5.17. The van der Waals surface area contributed by atoms with E-state index in [-0.39, 0.29) is 105 Å². The molecular formula is C49H103N7O7. The minimum Gasteiger partial charge on any atom is -0.359 e. The van der Waals surface area contributed by atoms with Gasteiger partial charge < -0.3 is 36.8 Å². The van der Waals surface area contributed by atoms with E-state index in [9.17, 15) is 33.6 Å². The molecule has 1 saturated carbocycles. The highest BCUT2D eigenvalue weighted by molar-refractivity contribution is 5.80. The fourth-order valence-corrected chi connectivity index (χ4v) is 3.47. The molecule has 0 atom stereocenters. The Balaban J connectivity index is -0.000000151. The molecule has 0 radical (unpaired) electrons. The van der Waals surface area contributed by atoms with Crippen LogP contribution < -0.4 is 31.9 Å². The third-order valence-corrected chi connectivity index (χ3v) is 8.38. The van der Waals surface area contributed by atoms with E-state index in [0.29, 0.717) is 0 Å². The number of hydrogen-bond donors (Lipinski definition) is 6. The van der Waals surface area contributed by atoms with Crippen molar-refractivity contribution in [2.75, 3.05) is 27.7 Å². The van der Waals surface area contributed by atoms with Gasteiger partial charge in [-0.05, 0) is 81.6 Å². The van der Waals surface area contributed by atoms with Gasteiger partial charge in [-0.25, -0.2) is 0 Å². The minimum absolute atomic E-state index is 0.0542. The maximum Gasteiger partial charge on any atom is 0.224 e. The summed E-state index contributed by atoms with van der Waals surface area (Å²) in [6.45, 7) is 47.2. The molecule has 0 aromatic carbocycles. The highest BCUT2D eigenvalue weighted by Crippen LogP contribution is 2.34. The molecule has 0 saturated heterocycles. The molecule has 63 heavy (non-hydrogen) atoms. The van der Waals surface area contributed by atoms with Crippen molar-refractivity contribution in [3.8, 4) is 0 Å². The van der Waals surface area contributed by atoms with Crippen molar-refractivity contribution in [1.29, 1.82) is 0 Å². The first kappa shape index (κ1) is 70.9. The molecule has 376 valence electrons. The maximum absolute atomic E-state index is 11.2. The molecule has 0 aromatic heterocycles. The van der Waals surface area contributed by atoms with Crippen molar-refractivity contribution in [3.63, 3.8) is 0 Å². The van der Waals surface area contributed by atoms with Crippen LogP contribution in [0, 0.1) is 41.4 Å². The molecule has 0 heterocycles. The lowest BCUT2D eigenvalue weighted by molar-refractivity contribution is -0.132. The molecular weight excluding hydrogens is 799 g/mol. The van der Waals surface area contributed by atoms with E-state index < -0.39 is 0 Å². The molecule has 1 fully saturated rings. The van der Waals surface area contributed by atoms with Crippen molar-refractivity contribution in [2.24, 2.45) is 41.4 Å². The summed E-state index contributed by atoms with van der Waals surface area (Å²) in [5.41, 5.74) is 0.00403. The molecule has 1 rings (SSSR count). The maximum atomic E-state index is 11.2. The minimum atomic E-state index is -0.0959. The first-order valence-corrected chi connectivity index (χ1v) is 23.2. The SMILES string of the molecule is CC(C)C(=O)N(C)C.CC(C)C(=O)NC(C)(C)C.CC(C)C(=O)NC1(C)CC1.CC(C)NC(=O)C(C)C.CCC(C)(C)NC(=O)C(C)C.CCNC(=O)C(C)C.CNC(=O)C(C)C. The second kappa shape index (κ2) is 36.6. The van der Waals surface area contributed by atoms with Crippen molar-refractivity contribution in [1.82, 2.24) is 36.8 Å². The molecule has 14 nitrogen and oxygen atoms in total. The van der Waals surface area contributed by atoms with Crippen molar-refractivity contribution in [2.45, 2.75) is 208 Å². The predicted octanol–water partition coefficient (Wildman–Crippen LogP) is 7.88. The summed E-state index contributed by atoms with van der Waals surface area (Å²) in [6, 6.07) is 0.264. The summed E-state index contributed by atoms with van der Waals surface area (Å²) in [5.74, 6) is 1.74. The van der Waals surface area contributed by atoms with Gasteiger partial charge in [0, 0.05) is 91.8 Å². The Labute approximate surface area is 387 Å². The molecule has 0 aliphatic heterocycles. The smallest absolute Gasteiger partial charge is 0.224 e. The van der Waals surface area contributed by atoms with Crippen LogP contribution in [-0.2, 0) is 33.6 Å². The molecule has 14 heteroatoms. The Kier molecular flexibility index (Phi) is 41.2. The van der Waals surface area contributed by atoms with Gasteiger partial charge in [-0.15, -0.1) is 0 Å². The Hall–Kier alpha value is -3.71. The highest BCUT2D eigenvalue weighted by atomic mass is 16.2. The van der Waals surface area contributed by atoms with Crippen LogP contribution in [0.25, 0.3) is 0 Å². The van der Waals surface area contributed by atoms with Crippen LogP contribution in [0.1, 0.15) is 185 Å². The first-order chi connectivity index (χ1) is 28.2. The van der Waals surface area contributed by atoms with Crippen LogP contribution in [0.15, 0.2) is 0 Å². The van der Waals surface area contributed by atoms with Crippen LogP contribution in [-0.4, -0.2) is 96.6 Å². The lowest BCUT2D eigenvalue weighted by atomic mass is 10.0. The van der Waals surface area contributed by atoms with Gasteiger partial charge >= 0.3 is 0 Å². The molecule has 0 spiro atoms. The molecule has 6 N–H and O–H groups in total. The van der Waals surface area contributed by atoms with Crippen LogP contribution in [0.3, 0.4) is 0 Å². The van der Waals surface area contributed by atoms with E-state index in [4.69, 9.17) is 0 Å². The van der Waals surface area contributed by atoms with Crippen LogP contribution in [0.4, 0.5) is 0 Å². The van der Waals surface area contributed by atoms with E-state index in [0.717, 1.165) is 25.8 Å². The summed E-state index contributed by atoms with van der Waals surface area (Å²) in [6.07, 6.45) is 3.25. The monoisotopic (exact) mass is 902 g/mol. The van der Waals surface area contributed by atoms with Gasteiger partial charge in [-0.2, -0.15) is 0 Å². The van der Waals surface area contributed by atoms with E-state index >= 15 is 0 Å². The van der Waals surface area contributed by atoms with Gasteiger partial charge in [0.1, 0.15) is 0 Å². The van der Waals surface area contributed by atoms with Gasteiger partial charge in [-0.3, -0.25) is 33.6 Å². The summed E-state index contributed by atoms with van der Waals surface area (Å²) in [4.78, 5) is 77.6. The number of hydrogen-bond acceptors (Lipinski definition) is 7. The van der Waals surface area contributed by atoms with E-state index in [2.05, 4.69) is 45.7 Å². The number of amides is 7. The van der Waals surface area contributed by atoms with Crippen molar-refractivity contribution in [3.05, 3.63) is 0 Å². The number of nitrogens with one attached hydrogen (secondary N) is 6. The van der Waals surface area contributed by atoms with Gasteiger partial charge in [0.25, 0.3) is 0 Å². The van der Waals surface area contributed by atoms with Gasteiger partial charge in [-0.1, -0.05) is 104 Å². The molecule has 0 unspecified atom stereocenters. The third-order valence-electron chi connectivity index (χ3n) is 8.38. The van der Waals surface area contributed by atoms with Crippen LogP contribution in [0.2, 0.25) is 0 Å². The van der Waals surface area contributed by atoms with E-state index in [1.54, 1.807) is 26.0 Å². The summed E-state index contributed by atoms with van der Waals surface area (Å²) < 4.78 is 0. The lowest BCUT2D eigenvalue weighted by Gasteiger charge is -2.25. The average molecular weight is 902 g/mol. The third kappa shape index (κ3) is 50.8. The molecule has 0 bridgehead atoms. The van der Waals surface area contributed by atoms with Crippen molar-refractivity contribution >= 4 is 41.4 Å². The fraction of sp³-hybridized carbons (Fsp3) is 0.857. The Morgan fingerprint density at radius 1 is 0.524 bits per heavy atom. The van der Waals surface area contributed by atoms with E-state index in [1.807, 2.05) is 152 Å². The fourth-order valence-electron chi connectivity index (χ4n) is 3.47. The average Bonchev–Trinajstić information content (AvgIpc) is 3.86. The molecule has 1 aliphatic carbocycles. The standard InChI is InChI=1S/C9H19NO.C8H15NO.C8H17NO.C7H15NO.2C6H13NO.C5H11NO/c1-6-9(4,5)10-8(11)7(2)3;1-6(2)7(10)9-8(3)4-5-8;1-6(2)7(10)9-8(3,4)5;1-5(2)7(9)8-6(3)4;1-5(2)6(8)7(3)4;1-4-7-6(8)5(2)3;1-4(2)5(7)6-3/h7H,6H2,1-5H3,(H,10,11);6H,4-5H2,1-3H3,(H,9,10);6H,1-5H3,(H,9,10);5-6H,1-4H3,(H,8,9);5H,1-4H3;5H,4H2,1-3H3,(H,7,8);4H,1-3H3,(H,6,7). The Morgan fingerprint density at radius 2 is 0.873 bits per heavy atom. The summed E-state index contributed by atoms with van der Waals surface area (Å²) in [5, 5.41) is 16.9. The number of nitrogens with zero attached hydrogens (tertiary/aromatic N) is 1. The van der Waals surface area contributed by atoms with Gasteiger partial charge in [0.15, 0.2) is 0 Å². The zero-order valence-corrected chi connectivity index (χ0v) is 45.8. The summed E-state index contributed by atoms with van der Waals surface area (Å²) >= 11 is 0. The van der Waals surface area contributed by atoms with Crippen molar-refractivity contribution < 1.29 is 33.6 Å². The topological polar surface area (TPSA) is 195 Å². The normalized spacial score (nSPS) is 12.2. The molecule has 0 aromatic rings. The zero-order valence-electron chi connectivity index (χ0n) is 45.8. The second-order valence-electron chi connectivity index (χ2n) is 20.5. The lowest BCUT2D eigenvalue weighted by Crippen LogP contribution is -2.44. The van der Waals surface area contributed by atoms with Crippen LogP contribution in [0.5, 0.6) is 0 Å². The van der Waals surface area contributed by atoms with Gasteiger partial charge in [0.05, 0.1) is 0 Å². The highest BCUT2D eigenvalue weighted by Gasteiger charge is 2.38. The predicted molar refractivity (Wildman–Crippen MR) is 265 cm³/mol. The second-order valence-corrected chi connectivity index (χ2v) is 20.5. The largest absolute Gasteiger partial charge is 0.359 e. The van der Waals surface area contributed by atoms with E-state index in [1.165, 1.54) is 0 Å². The van der Waals surface area contributed by atoms with Crippen LogP contribution >= 0.6 is 0 Å². The zero-order chi connectivity index (χ0) is 51.8. The molecule has 7 amide bonds. The first-order valence-electron chi connectivity index (χ1n) is 23.2. The Morgan fingerprint density at radius 3 is 1.02 bits per heavy atom. The molecule has 1 aliphatic rings. The number of carbonyl (C=O) groups is 7. The quantitative estimate of drug-likeness (QED) is 0.115.